The fraction of sp³-hybridized carbons (Fsp3) is 0.417. The van der Waals surface area contributed by atoms with Crippen molar-refractivity contribution in [1.29, 1.82) is 0 Å². The summed E-state index contributed by atoms with van der Waals surface area (Å²) in [6.07, 6.45) is 0.853. The van der Waals surface area contributed by atoms with Gasteiger partial charge in [0.1, 0.15) is 6.61 Å². The Morgan fingerprint density at radius 3 is 2.48 bits per heavy atom. The first-order valence-electron chi connectivity index (χ1n) is 6.04. The molecule has 0 heterocycles. The molecule has 0 aliphatic heterocycles. The van der Waals surface area contributed by atoms with E-state index in [4.69, 9.17) is 37.8 Å². The molecule has 0 fully saturated rings. The summed E-state index contributed by atoms with van der Waals surface area (Å²) >= 11 is 11.7. The second kappa shape index (κ2) is 7.95. The van der Waals surface area contributed by atoms with Gasteiger partial charge in [-0.05, 0) is 18.6 Å². The third-order valence-corrected chi connectivity index (χ3v) is 4.05. The molecule has 2 N–H and O–H groups in total. The van der Waals surface area contributed by atoms with Crippen LogP contribution in [0.25, 0.3) is 0 Å². The summed E-state index contributed by atoms with van der Waals surface area (Å²) in [4.78, 5) is 11.6. The highest BCUT2D eigenvalue weighted by Gasteiger charge is 2.20. The van der Waals surface area contributed by atoms with E-state index in [2.05, 4.69) is 0 Å². The monoisotopic (exact) mass is 355 g/mol. The highest BCUT2D eigenvalue weighted by atomic mass is 35.5. The molecule has 9 heteroatoms. The predicted octanol–water partition coefficient (Wildman–Crippen LogP) is 2.22. The molecule has 0 amide bonds. The van der Waals surface area contributed by atoms with E-state index in [0.717, 1.165) is 18.6 Å². The highest BCUT2D eigenvalue weighted by Crippen LogP contribution is 2.29. The van der Waals surface area contributed by atoms with Gasteiger partial charge in [-0.3, -0.25) is 0 Å². The SMILES string of the molecule is CCCOCCOC(=O)c1cc(S(N)(=O)=O)cc(Cl)c1Cl. The van der Waals surface area contributed by atoms with Gasteiger partial charge in [0.25, 0.3) is 0 Å². The number of benzene rings is 1. The van der Waals surface area contributed by atoms with Crippen molar-refractivity contribution in [3.8, 4) is 0 Å². The summed E-state index contributed by atoms with van der Waals surface area (Å²) in [6.45, 7) is 2.77. The minimum atomic E-state index is -4.01. The van der Waals surface area contributed by atoms with Crippen LogP contribution in [-0.4, -0.2) is 34.2 Å². The molecule has 0 saturated heterocycles. The molecule has 0 aliphatic carbocycles. The Morgan fingerprint density at radius 2 is 1.90 bits per heavy atom. The second-order valence-corrected chi connectivity index (χ2v) is 6.41. The lowest BCUT2D eigenvalue weighted by atomic mass is 10.2. The molecule has 6 nitrogen and oxygen atoms in total. The van der Waals surface area contributed by atoms with Crippen LogP contribution >= 0.6 is 23.2 Å². The van der Waals surface area contributed by atoms with E-state index < -0.39 is 16.0 Å². The summed E-state index contributed by atoms with van der Waals surface area (Å²) in [5, 5.41) is 4.80. The zero-order valence-electron chi connectivity index (χ0n) is 11.3. The van der Waals surface area contributed by atoms with Gasteiger partial charge in [-0.2, -0.15) is 0 Å². The average Bonchev–Trinajstić information content (AvgIpc) is 2.40. The van der Waals surface area contributed by atoms with Crippen molar-refractivity contribution >= 4 is 39.2 Å². The molecule has 0 radical (unpaired) electrons. The van der Waals surface area contributed by atoms with Crippen molar-refractivity contribution < 1.29 is 22.7 Å². The lowest BCUT2D eigenvalue weighted by Gasteiger charge is -2.09. The lowest BCUT2D eigenvalue weighted by molar-refractivity contribution is 0.0318. The molecule has 0 unspecified atom stereocenters. The van der Waals surface area contributed by atoms with Crippen molar-refractivity contribution in [2.24, 2.45) is 5.14 Å². The second-order valence-electron chi connectivity index (χ2n) is 4.06. The fourth-order valence-electron chi connectivity index (χ4n) is 1.39. The van der Waals surface area contributed by atoms with Crippen molar-refractivity contribution in [2.45, 2.75) is 18.2 Å². The number of ether oxygens (including phenoxy) is 2. The highest BCUT2D eigenvalue weighted by molar-refractivity contribution is 7.89. The molecule has 1 aromatic carbocycles. The van der Waals surface area contributed by atoms with Crippen LogP contribution in [0.4, 0.5) is 0 Å². The first-order chi connectivity index (χ1) is 9.77. The quantitative estimate of drug-likeness (QED) is 0.597. The van der Waals surface area contributed by atoms with Gasteiger partial charge in [0.05, 0.1) is 27.1 Å². The van der Waals surface area contributed by atoms with Crippen molar-refractivity contribution in [1.82, 2.24) is 0 Å². The van der Waals surface area contributed by atoms with Crippen molar-refractivity contribution in [3.05, 3.63) is 27.7 Å². The molecule has 0 atom stereocenters. The number of esters is 1. The van der Waals surface area contributed by atoms with E-state index in [1.165, 1.54) is 0 Å². The van der Waals surface area contributed by atoms with Crippen molar-refractivity contribution in [2.75, 3.05) is 19.8 Å². The maximum absolute atomic E-state index is 11.9. The minimum Gasteiger partial charge on any atom is -0.460 e. The van der Waals surface area contributed by atoms with E-state index in [9.17, 15) is 13.2 Å². The van der Waals surface area contributed by atoms with Gasteiger partial charge in [-0.25, -0.2) is 18.4 Å². The third kappa shape index (κ3) is 5.44. The standard InChI is InChI=1S/C12H15Cl2NO5S/c1-2-3-19-4-5-20-12(16)9-6-8(21(15,17)18)7-10(13)11(9)14/h6-7H,2-5H2,1H3,(H2,15,17,18). The van der Waals surface area contributed by atoms with Gasteiger partial charge in [-0.15, -0.1) is 0 Å². The van der Waals surface area contributed by atoms with Gasteiger partial charge < -0.3 is 9.47 Å². The van der Waals surface area contributed by atoms with Gasteiger partial charge in [0.15, 0.2) is 0 Å². The van der Waals surface area contributed by atoms with Gasteiger partial charge in [0, 0.05) is 6.61 Å². The van der Waals surface area contributed by atoms with Crippen LogP contribution in [-0.2, 0) is 19.5 Å². The van der Waals surface area contributed by atoms with E-state index in [1.807, 2.05) is 6.92 Å². The van der Waals surface area contributed by atoms with E-state index >= 15 is 0 Å². The van der Waals surface area contributed by atoms with Crippen LogP contribution < -0.4 is 5.14 Å². The number of rotatable bonds is 7. The average molecular weight is 356 g/mol. The Morgan fingerprint density at radius 1 is 1.24 bits per heavy atom. The molecular weight excluding hydrogens is 341 g/mol. The van der Waals surface area contributed by atoms with Crippen LogP contribution in [0.3, 0.4) is 0 Å². The number of carbonyl (C=O) groups is 1. The van der Waals surface area contributed by atoms with Gasteiger partial charge >= 0.3 is 5.97 Å². The number of hydrogen-bond acceptors (Lipinski definition) is 5. The number of nitrogens with two attached hydrogens (primary N) is 1. The summed E-state index contributed by atoms with van der Waals surface area (Å²) < 4.78 is 32.7. The summed E-state index contributed by atoms with van der Waals surface area (Å²) in [7, 11) is -4.01. The van der Waals surface area contributed by atoms with Crippen LogP contribution in [0.2, 0.25) is 10.0 Å². The zero-order valence-corrected chi connectivity index (χ0v) is 13.6. The normalized spacial score (nSPS) is 11.4. The summed E-state index contributed by atoms with van der Waals surface area (Å²) in [5.41, 5.74) is -0.163. The third-order valence-electron chi connectivity index (χ3n) is 2.36. The predicted molar refractivity (Wildman–Crippen MR) is 79.2 cm³/mol. The molecule has 0 bridgehead atoms. The smallest absolute Gasteiger partial charge is 0.339 e. The summed E-state index contributed by atoms with van der Waals surface area (Å²) in [6, 6.07) is 2.10. The first kappa shape index (κ1) is 18.2. The van der Waals surface area contributed by atoms with Crippen LogP contribution in [0.1, 0.15) is 23.7 Å². The molecule has 0 saturated carbocycles. The number of primary sulfonamides is 1. The van der Waals surface area contributed by atoms with E-state index in [-0.39, 0.29) is 33.7 Å². The molecule has 1 rings (SSSR count). The number of sulfonamides is 1. The lowest BCUT2D eigenvalue weighted by Crippen LogP contribution is -2.15. The van der Waals surface area contributed by atoms with E-state index in [0.29, 0.717) is 6.61 Å². The Balaban J connectivity index is 2.86. The topological polar surface area (TPSA) is 95.7 Å². The van der Waals surface area contributed by atoms with Crippen LogP contribution in [0, 0.1) is 0 Å². The van der Waals surface area contributed by atoms with Crippen LogP contribution in [0.5, 0.6) is 0 Å². The molecular formula is C12H15Cl2NO5S. The summed E-state index contributed by atoms with van der Waals surface area (Å²) in [5.74, 6) is -0.799. The number of halogens is 2. The Kier molecular flexibility index (Phi) is 6.89. The minimum absolute atomic E-state index is 0.0202. The number of carbonyl (C=O) groups excluding carboxylic acids is 1. The van der Waals surface area contributed by atoms with E-state index in [1.54, 1.807) is 0 Å². The molecule has 0 aromatic heterocycles. The van der Waals surface area contributed by atoms with Gasteiger partial charge in [0.2, 0.25) is 10.0 Å². The maximum Gasteiger partial charge on any atom is 0.339 e. The first-order valence-corrected chi connectivity index (χ1v) is 8.34. The molecule has 0 spiro atoms. The molecule has 1 aromatic rings. The maximum atomic E-state index is 11.9. The van der Waals surface area contributed by atoms with Crippen LogP contribution in [0.15, 0.2) is 17.0 Å². The molecule has 21 heavy (non-hydrogen) atoms. The molecule has 118 valence electrons. The zero-order chi connectivity index (χ0) is 16.0. The van der Waals surface area contributed by atoms with Crippen molar-refractivity contribution in [3.63, 3.8) is 0 Å². The Labute approximate surface area is 133 Å². The Hall–Kier alpha value is -0.860. The largest absolute Gasteiger partial charge is 0.460 e. The number of hydrogen-bond donors (Lipinski definition) is 1. The van der Waals surface area contributed by atoms with Gasteiger partial charge in [-0.1, -0.05) is 30.1 Å². The Bertz CT molecular complexity index is 618. The molecule has 0 aliphatic rings. The fourth-order valence-corrected chi connectivity index (χ4v) is 2.43.